The summed E-state index contributed by atoms with van der Waals surface area (Å²) in [5, 5.41) is 0. The van der Waals surface area contributed by atoms with Crippen LogP contribution in [0, 0.1) is 0 Å². The van der Waals surface area contributed by atoms with Gasteiger partial charge in [-0.3, -0.25) is 4.79 Å². The lowest BCUT2D eigenvalue weighted by atomic mass is 10.1. The first kappa shape index (κ1) is 13.9. The van der Waals surface area contributed by atoms with Gasteiger partial charge in [0.25, 0.3) is 0 Å². The largest absolute Gasteiger partial charge is 0.497 e. The van der Waals surface area contributed by atoms with E-state index in [1.54, 1.807) is 18.9 Å². The van der Waals surface area contributed by atoms with Gasteiger partial charge in [0.1, 0.15) is 5.75 Å². The summed E-state index contributed by atoms with van der Waals surface area (Å²) < 4.78 is 10.1. The number of esters is 1. The Balaban J connectivity index is 2.67. The fourth-order valence-electron chi connectivity index (χ4n) is 1.53. The molecule has 0 heterocycles. The maximum Gasteiger partial charge on any atom is 0.306 e. The number of hydrogen-bond acceptors (Lipinski definition) is 4. The number of methoxy groups -OCH3 is 1. The van der Waals surface area contributed by atoms with Crippen LogP contribution < -0.4 is 4.74 Å². The number of carbonyl (C=O) groups is 1. The fourth-order valence-corrected chi connectivity index (χ4v) is 2.19. The second-order valence-corrected chi connectivity index (χ2v) is 4.33. The van der Waals surface area contributed by atoms with Crippen LogP contribution in [0.2, 0.25) is 0 Å². The van der Waals surface area contributed by atoms with Gasteiger partial charge in [0.05, 0.1) is 13.7 Å². The van der Waals surface area contributed by atoms with Crippen LogP contribution in [-0.4, -0.2) is 25.9 Å². The van der Waals surface area contributed by atoms with Gasteiger partial charge >= 0.3 is 5.97 Å². The lowest BCUT2D eigenvalue weighted by molar-refractivity contribution is -0.143. The smallest absolute Gasteiger partial charge is 0.306 e. The van der Waals surface area contributed by atoms with Crippen molar-refractivity contribution in [1.82, 2.24) is 0 Å². The van der Waals surface area contributed by atoms with Crippen LogP contribution in [0.5, 0.6) is 5.75 Å². The molecule has 0 bridgehead atoms. The number of ether oxygens (including phenoxy) is 2. The Kier molecular flexibility index (Phi) is 5.91. The summed E-state index contributed by atoms with van der Waals surface area (Å²) in [6.07, 6.45) is 3.15. The van der Waals surface area contributed by atoms with Crippen LogP contribution >= 0.6 is 11.8 Å². The van der Waals surface area contributed by atoms with E-state index >= 15 is 0 Å². The van der Waals surface area contributed by atoms with Gasteiger partial charge in [-0.05, 0) is 37.3 Å². The number of benzene rings is 1. The predicted octanol–water partition coefficient (Wildman–Crippen LogP) is 2.91. The molecule has 0 radical (unpaired) electrons. The first-order valence-electron chi connectivity index (χ1n) is 5.57. The van der Waals surface area contributed by atoms with E-state index in [1.165, 1.54) is 0 Å². The molecule has 0 saturated heterocycles. The minimum absolute atomic E-state index is 0.143. The highest BCUT2D eigenvalue weighted by Gasteiger charge is 2.07. The molecule has 0 aromatic heterocycles. The molecule has 0 atom stereocenters. The SMILES string of the molecule is CCOC(=O)CCc1ccc(OC)cc1SC. The first-order valence-corrected chi connectivity index (χ1v) is 6.80. The number of thioether (sulfide) groups is 1. The fraction of sp³-hybridized carbons (Fsp3) is 0.462. The summed E-state index contributed by atoms with van der Waals surface area (Å²) in [6, 6.07) is 5.91. The van der Waals surface area contributed by atoms with Crippen molar-refractivity contribution in [3.63, 3.8) is 0 Å². The van der Waals surface area contributed by atoms with Crippen LogP contribution in [0.25, 0.3) is 0 Å². The molecule has 1 rings (SSSR count). The summed E-state index contributed by atoms with van der Waals surface area (Å²) in [5.74, 6) is 0.699. The molecule has 1 aromatic carbocycles. The number of aryl methyl sites for hydroxylation is 1. The molecule has 0 fully saturated rings. The third kappa shape index (κ3) is 4.30. The van der Waals surface area contributed by atoms with Gasteiger partial charge in [0.15, 0.2) is 0 Å². The average molecular weight is 254 g/mol. The molecule has 0 aliphatic rings. The van der Waals surface area contributed by atoms with Crippen LogP contribution in [-0.2, 0) is 16.0 Å². The Hall–Kier alpha value is -1.16. The molecule has 0 amide bonds. The third-order valence-electron chi connectivity index (χ3n) is 2.40. The highest BCUT2D eigenvalue weighted by molar-refractivity contribution is 7.98. The van der Waals surface area contributed by atoms with E-state index in [-0.39, 0.29) is 5.97 Å². The first-order chi connectivity index (χ1) is 8.21. The van der Waals surface area contributed by atoms with Gasteiger partial charge < -0.3 is 9.47 Å². The minimum atomic E-state index is -0.143. The predicted molar refractivity (Wildman–Crippen MR) is 69.7 cm³/mol. The van der Waals surface area contributed by atoms with Crippen molar-refractivity contribution in [2.75, 3.05) is 20.0 Å². The molecular weight excluding hydrogens is 236 g/mol. The average Bonchev–Trinajstić information content (AvgIpc) is 2.36. The molecule has 0 aliphatic heterocycles. The molecule has 0 spiro atoms. The van der Waals surface area contributed by atoms with E-state index in [0.717, 1.165) is 16.2 Å². The molecule has 17 heavy (non-hydrogen) atoms. The molecule has 0 unspecified atom stereocenters. The van der Waals surface area contributed by atoms with Gasteiger partial charge in [-0.15, -0.1) is 11.8 Å². The second kappa shape index (κ2) is 7.22. The Morgan fingerprint density at radius 3 is 2.76 bits per heavy atom. The van der Waals surface area contributed by atoms with Crippen LogP contribution in [0.1, 0.15) is 18.9 Å². The molecule has 4 heteroatoms. The summed E-state index contributed by atoms with van der Waals surface area (Å²) >= 11 is 1.66. The Morgan fingerprint density at radius 2 is 2.18 bits per heavy atom. The zero-order valence-electron chi connectivity index (χ0n) is 10.5. The Morgan fingerprint density at radius 1 is 1.41 bits per heavy atom. The van der Waals surface area contributed by atoms with E-state index in [2.05, 4.69) is 0 Å². The standard InChI is InChI=1S/C13H18O3S/c1-4-16-13(14)8-6-10-5-7-11(15-2)9-12(10)17-3/h5,7,9H,4,6,8H2,1-3H3. The number of rotatable bonds is 6. The highest BCUT2D eigenvalue weighted by atomic mass is 32.2. The third-order valence-corrected chi connectivity index (χ3v) is 3.22. The highest BCUT2D eigenvalue weighted by Crippen LogP contribution is 2.26. The van der Waals surface area contributed by atoms with E-state index in [9.17, 15) is 4.79 Å². The van der Waals surface area contributed by atoms with E-state index in [0.29, 0.717) is 19.4 Å². The van der Waals surface area contributed by atoms with Gasteiger partial charge in [0.2, 0.25) is 0 Å². The number of carbonyl (C=O) groups excluding carboxylic acids is 1. The maximum atomic E-state index is 11.3. The maximum absolute atomic E-state index is 11.3. The van der Waals surface area contributed by atoms with Crippen molar-refractivity contribution in [1.29, 1.82) is 0 Å². The lowest BCUT2D eigenvalue weighted by Gasteiger charge is -2.09. The van der Waals surface area contributed by atoms with Crippen molar-refractivity contribution < 1.29 is 14.3 Å². The summed E-state index contributed by atoms with van der Waals surface area (Å²) in [4.78, 5) is 12.4. The zero-order valence-corrected chi connectivity index (χ0v) is 11.3. The Bertz CT molecular complexity index is 377. The monoisotopic (exact) mass is 254 g/mol. The number of hydrogen-bond donors (Lipinski definition) is 0. The van der Waals surface area contributed by atoms with E-state index in [1.807, 2.05) is 31.4 Å². The molecule has 0 saturated carbocycles. The topological polar surface area (TPSA) is 35.5 Å². The summed E-state index contributed by atoms with van der Waals surface area (Å²) in [6.45, 7) is 2.26. The van der Waals surface area contributed by atoms with Gasteiger partial charge in [0, 0.05) is 11.3 Å². The molecular formula is C13H18O3S. The minimum Gasteiger partial charge on any atom is -0.497 e. The summed E-state index contributed by atoms with van der Waals surface area (Å²) in [5.41, 5.74) is 1.16. The van der Waals surface area contributed by atoms with Crippen LogP contribution in [0.15, 0.2) is 23.1 Å². The van der Waals surface area contributed by atoms with Crippen molar-refractivity contribution >= 4 is 17.7 Å². The zero-order chi connectivity index (χ0) is 12.7. The lowest BCUT2D eigenvalue weighted by Crippen LogP contribution is -2.05. The van der Waals surface area contributed by atoms with Crippen molar-refractivity contribution in [3.05, 3.63) is 23.8 Å². The molecule has 94 valence electrons. The molecule has 3 nitrogen and oxygen atoms in total. The normalized spacial score (nSPS) is 10.1. The molecule has 0 aliphatic carbocycles. The van der Waals surface area contributed by atoms with Crippen LogP contribution in [0.3, 0.4) is 0 Å². The van der Waals surface area contributed by atoms with E-state index < -0.39 is 0 Å². The van der Waals surface area contributed by atoms with Gasteiger partial charge in [-0.25, -0.2) is 0 Å². The van der Waals surface area contributed by atoms with Crippen molar-refractivity contribution in [3.8, 4) is 5.75 Å². The quantitative estimate of drug-likeness (QED) is 0.577. The van der Waals surface area contributed by atoms with Gasteiger partial charge in [-0.2, -0.15) is 0 Å². The molecule has 1 aromatic rings. The summed E-state index contributed by atoms with van der Waals surface area (Å²) in [7, 11) is 1.65. The van der Waals surface area contributed by atoms with Gasteiger partial charge in [-0.1, -0.05) is 6.07 Å². The molecule has 0 N–H and O–H groups in total. The van der Waals surface area contributed by atoms with Crippen molar-refractivity contribution in [2.24, 2.45) is 0 Å². The van der Waals surface area contributed by atoms with Crippen molar-refractivity contribution in [2.45, 2.75) is 24.7 Å². The Labute approximate surface area is 106 Å². The van der Waals surface area contributed by atoms with Crippen LogP contribution in [0.4, 0.5) is 0 Å². The van der Waals surface area contributed by atoms with E-state index in [4.69, 9.17) is 9.47 Å². The second-order valence-electron chi connectivity index (χ2n) is 3.48.